The Hall–Kier alpha value is -0.950. The summed E-state index contributed by atoms with van der Waals surface area (Å²) in [6.45, 7) is 6.45. The first-order valence-corrected chi connectivity index (χ1v) is 7.26. The maximum Gasteiger partial charge on any atom is 0.138 e. The van der Waals surface area contributed by atoms with Crippen molar-refractivity contribution < 1.29 is 14.2 Å². The molecule has 2 rings (SSSR count). The van der Waals surface area contributed by atoms with Crippen LogP contribution in [0.3, 0.4) is 0 Å². The Morgan fingerprint density at radius 1 is 1.45 bits per heavy atom. The van der Waals surface area contributed by atoms with Crippen LogP contribution in [0.5, 0.6) is 0 Å². The second kappa shape index (κ2) is 7.73. The zero-order valence-electron chi connectivity index (χ0n) is 12.4. The first kappa shape index (κ1) is 15.4. The fraction of sp³-hybridized carbons (Fsp3) is 0.786. The smallest absolute Gasteiger partial charge is 0.138 e. The van der Waals surface area contributed by atoms with Gasteiger partial charge in [0.25, 0.3) is 0 Å². The number of rotatable bonds is 8. The molecular weight excluding hydrogens is 258 g/mol. The first-order chi connectivity index (χ1) is 9.80. The minimum absolute atomic E-state index is 0.308. The zero-order valence-corrected chi connectivity index (χ0v) is 12.4. The Balaban J connectivity index is 1.97. The predicted molar refractivity (Wildman–Crippen MR) is 75.5 cm³/mol. The van der Waals surface area contributed by atoms with Gasteiger partial charge in [-0.05, 0) is 6.92 Å². The summed E-state index contributed by atoms with van der Waals surface area (Å²) in [6, 6.07) is 0. The molecule has 114 valence electrons. The third-order valence-corrected chi connectivity index (χ3v) is 3.58. The third-order valence-electron chi connectivity index (χ3n) is 3.58. The Labute approximate surface area is 120 Å². The number of hydrogen-bond acceptors (Lipinski definition) is 5. The van der Waals surface area contributed by atoms with Crippen molar-refractivity contribution in [2.45, 2.75) is 31.9 Å². The van der Waals surface area contributed by atoms with Gasteiger partial charge in [0.2, 0.25) is 0 Å². The van der Waals surface area contributed by atoms with Crippen molar-refractivity contribution in [3.05, 3.63) is 17.7 Å². The molecule has 1 aliphatic heterocycles. The van der Waals surface area contributed by atoms with E-state index in [4.69, 9.17) is 14.2 Å². The van der Waals surface area contributed by atoms with Crippen molar-refractivity contribution in [1.29, 1.82) is 0 Å². The molecule has 1 aliphatic rings. The molecule has 1 aromatic rings. The lowest BCUT2D eigenvalue weighted by molar-refractivity contribution is -0.117. The van der Waals surface area contributed by atoms with Crippen molar-refractivity contribution in [3.63, 3.8) is 0 Å². The van der Waals surface area contributed by atoms with E-state index >= 15 is 0 Å². The molecule has 2 N–H and O–H groups in total. The predicted octanol–water partition coefficient (Wildman–Crippen LogP) is 1.19. The zero-order chi connectivity index (χ0) is 14.3. The van der Waals surface area contributed by atoms with Gasteiger partial charge >= 0.3 is 0 Å². The van der Waals surface area contributed by atoms with Gasteiger partial charge in [0.15, 0.2) is 0 Å². The van der Waals surface area contributed by atoms with Gasteiger partial charge < -0.3 is 24.5 Å². The van der Waals surface area contributed by atoms with E-state index in [1.165, 1.54) is 0 Å². The Kier molecular flexibility index (Phi) is 5.97. The first-order valence-electron chi connectivity index (χ1n) is 7.26. The molecule has 0 aromatic carbocycles. The monoisotopic (exact) mass is 283 g/mol. The van der Waals surface area contributed by atoms with E-state index in [1.807, 2.05) is 13.1 Å². The summed E-state index contributed by atoms with van der Waals surface area (Å²) in [5.74, 6) is 0.922. The quantitative estimate of drug-likeness (QED) is 0.701. The van der Waals surface area contributed by atoms with E-state index in [9.17, 15) is 0 Å². The maximum absolute atomic E-state index is 6.00. The molecule has 1 fully saturated rings. The molecule has 0 amide bonds. The summed E-state index contributed by atoms with van der Waals surface area (Å²) in [7, 11) is 1.70. The van der Waals surface area contributed by atoms with Gasteiger partial charge in [0, 0.05) is 64.8 Å². The summed E-state index contributed by atoms with van der Waals surface area (Å²) >= 11 is 0. The van der Waals surface area contributed by atoms with Crippen LogP contribution < -0.4 is 5.32 Å². The number of imidazole rings is 1. The van der Waals surface area contributed by atoms with E-state index in [0.717, 1.165) is 50.7 Å². The number of aromatic amines is 1. The van der Waals surface area contributed by atoms with Crippen LogP contribution in [0.2, 0.25) is 0 Å². The number of aromatic nitrogens is 2. The van der Waals surface area contributed by atoms with Crippen LogP contribution in [-0.2, 0) is 26.4 Å². The largest absolute Gasteiger partial charge is 0.383 e. The van der Waals surface area contributed by atoms with Gasteiger partial charge in [-0.2, -0.15) is 0 Å². The molecule has 0 aliphatic carbocycles. The van der Waals surface area contributed by atoms with Crippen molar-refractivity contribution >= 4 is 0 Å². The lowest BCUT2D eigenvalue weighted by atomic mass is 9.93. The Bertz CT molecular complexity index is 383. The van der Waals surface area contributed by atoms with Crippen LogP contribution in [0.1, 0.15) is 31.3 Å². The average Bonchev–Trinajstić information content (AvgIpc) is 2.94. The summed E-state index contributed by atoms with van der Waals surface area (Å²) in [4.78, 5) is 7.91. The second-order valence-corrected chi connectivity index (χ2v) is 4.97. The van der Waals surface area contributed by atoms with Gasteiger partial charge in [0.05, 0.1) is 6.61 Å². The van der Waals surface area contributed by atoms with Crippen LogP contribution in [-0.4, -0.2) is 50.1 Å². The molecule has 0 spiro atoms. The summed E-state index contributed by atoms with van der Waals surface area (Å²) in [5.41, 5.74) is 0.763. The highest BCUT2D eigenvalue weighted by Crippen LogP contribution is 2.34. The number of nitrogens with zero attached hydrogens (tertiary/aromatic N) is 1. The highest BCUT2D eigenvalue weighted by atomic mass is 16.5. The molecule has 0 bridgehead atoms. The molecule has 1 aromatic heterocycles. The summed E-state index contributed by atoms with van der Waals surface area (Å²) < 4.78 is 16.4. The fourth-order valence-corrected chi connectivity index (χ4v) is 2.50. The molecule has 0 saturated carbocycles. The summed E-state index contributed by atoms with van der Waals surface area (Å²) in [5, 5.41) is 3.30. The van der Waals surface area contributed by atoms with Crippen LogP contribution in [0, 0.1) is 0 Å². The van der Waals surface area contributed by atoms with Crippen LogP contribution in [0.25, 0.3) is 0 Å². The van der Waals surface area contributed by atoms with Gasteiger partial charge in [-0.15, -0.1) is 0 Å². The minimum Gasteiger partial charge on any atom is -0.383 e. The lowest BCUT2D eigenvalue weighted by Crippen LogP contribution is -2.37. The third kappa shape index (κ3) is 3.79. The SMILES string of the molecule is CCOC1(c2ncc(CNCCOC)[nH]2)CCOCC1. The fourth-order valence-electron chi connectivity index (χ4n) is 2.50. The standard InChI is InChI=1S/C14H25N3O3/c1-3-20-14(4-7-19-8-5-14)13-16-11-12(17-13)10-15-6-9-18-2/h11,15H,3-10H2,1-2H3,(H,16,17). The molecule has 1 saturated heterocycles. The maximum atomic E-state index is 6.00. The molecule has 6 nitrogen and oxygen atoms in total. The van der Waals surface area contributed by atoms with E-state index < -0.39 is 0 Å². The highest BCUT2D eigenvalue weighted by molar-refractivity contribution is 5.10. The van der Waals surface area contributed by atoms with Crippen molar-refractivity contribution in [1.82, 2.24) is 15.3 Å². The minimum atomic E-state index is -0.308. The van der Waals surface area contributed by atoms with Crippen molar-refractivity contribution in [2.75, 3.05) is 40.1 Å². The van der Waals surface area contributed by atoms with Gasteiger partial charge in [-0.3, -0.25) is 0 Å². The molecule has 0 unspecified atom stereocenters. The van der Waals surface area contributed by atoms with Gasteiger partial charge in [-0.1, -0.05) is 0 Å². The molecule has 2 heterocycles. The van der Waals surface area contributed by atoms with Gasteiger partial charge in [0.1, 0.15) is 11.4 Å². The number of H-pyrrole nitrogens is 1. The number of ether oxygens (including phenoxy) is 3. The summed E-state index contributed by atoms with van der Waals surface area (Å²) in [6.07, 6.45) is 3.58. The van der Waals surface area contributed by atoms with Crippen LogP contribution >= 0.6 is 0 Å². The van der Waals surface area contributed by atoms with E-state index in [-0.39, 0.29) is 5.60 Å². The topological polar surface area (TPSA) is 68.4 Å². The van der Waals surface area contributed by atoms with Crippen LogP contribution in [0.15, 0.2) is 6.20 Å². The Morgan fingerprint density at radius 2 is 2.25 bits per heavy atom. The normalized spacial score (nSPS) is 18.3. The number of nitrogens with one attached hydrogen (secondary N) is 2. The van der Waals surface area contributed by atoms with E-state index in [2.05, 4.69) is 15.3 Å². The molecule has 0 radical (unpaired) electrons. The average molecular weight is 283 g/mol. The molecular formula is C14H25N3O3. The second-order valence-electron chi connectivity index (χ2n) is 4.97. The van der Waals surface area contributed by atoms with E-state index in [1.54, 1.807) is 7.11 Å². The molecule has 6 heteroatoms. The highest BCUT2D eigenvalue weighted by Gasteiger charge is 2.37. The number of methoxy groups -OCH3 is 1. The molecule has 0 atom stereocenters. The van der Waals surface area contributed by atoms with E-state index in [0.29, 0.717) is 13.2 Å². The van der Waals surface area contributed by atoms with Crippen molar-refractivity contribution in [3.8, 4) is 0 Å². The lowest BCUT2D eigenvalue weighted by Gasteiger charge is -2.35. The number of hydrogen-bond donors (Lipinski definition) is 2. The molecule has 20 heavy (non-hydrogen) atoms. The van der Waals surface area contributed by atoms with Crippen molar-refractivity contribution in [2.24, 2.45) is 0 Å². The van der Waals surface area contributed by atoms with Gasteiger partial charge in [-0.25, -0.2) is 4.98 Å². The van der Waals surface area contributed by atoms with Crippen LogP contribution in [0.4, 0.5) is 0 Å². The Morgan fingerprint density at radius 3 is 2.95 bits per heavy atom.